The van der Waals surface area contributed by atoms with Crippen LogP contribution in [0.4, 0.5) is 0 Å². The number of nitrogens with zero attached hydrogens (tertiary/aromatic N) is 3. The summed E-state index contributed by atoms with van der Waals surface area (Å²) >= 11 is 0. The molecule has 2 heterocycles. The highest BCUT2D eigenvalue weighted by Gasteiger charge is 2.20. The number of hydrogen-bond acceptors (Lipinski definition) is 4. The van der Waals surface area contributed by atoms with Gasteiger partial charge in [-0.05, 0) is 42.8 Å². The van der Waals surface area contributed by atoms with Crippen LogP contribution in [0.2, 0.25) is 0 Å². The van der Waals surface area contributed by atoms with Gasteiger partial charge >= 0.3 is 0 Å². The van der Waals surface area contributed by atoms with E-state index >= 15 is 0 Å². The van der Waals surface area contributed by atoms with E-state index in [0.29, 0.717) is 19.7 Å². The van der Waals surface area contributed by atoms with Gasteiger partial charge in [0.15, 0.2) is 17.5 Å². The molecule has 2 N–H and O–H groups in total. The van der Waals surface area contributed by atoms with Gasteiger partial charge in [0.2, 0.25) is 0 Å². The maximum atomic E-state index is 6.00. The van der Waals surface area contributed by atoms with Crippen LogP contribution in [0.1, 0.15) is 12.5 Å². The van der Waals surface area contributed by atoms with Crippen molar-refractivity contribution in [3.05, 3.63) is 72.6 Å². The summed E-state index contributed by atoms with van der Waals surface area (Å²) in [6.07, 6.45) is 3.63. The zero-order valence-electron chi connectivity index (χ0n) is 16.4. The van der Waals surface area contributed by atoms with Crippen LogP contribution in [0.25, 0.3) is 5.69 Å². The zero-order valence-corrected chi connectivity index (χ0v) is 16.4. The number of rotatable bonds is 6. The van der Waals surface area contributed by atoms with Crippen LogP contribution in [0.3, 0.4) is 0 Å². The first-order valence-corrected chi connectivity index (χ1v) is 9.81. The third-order valence-electron chi connectivity index (χ3n) is 4.51. The van der Waals surface area contributed by atoms with Gasteiger partial charge in [0.1, 0.15) is 12.7 Å². The molecule has 1 atom stereocenters. The molecule has 0 saturated heterocycles. The van der Waals surface area contributed by atoms with Gasteiger partial charge in [0.25, 0.3) is 0 Å². The van der Waals surface area contributed by atoms with Crippen molar-refractivity contribution in [2.24, 2.45) is 4.99 Å². The van der Waals surface area contributed by atoms with Crippen LogP contribution >= 0.6 is 0 Å². The lowest BCUT2D eigenvalue weighted by molar-refractivity contribution is 0.0936. The SMILES string of the molecule is CCNC(=NCc1cccc(-n2cccn2)c1)NCC1COc2ccccc2O1. The summed E-state index contributed by atoms with van der Waals surface area (Å²) in [6, 6.07) is 17.8. The van der Waals surface area contributed by atoms with Gasteiger partial charge in [-0.3, -0.25) is 0 Å². The molecule has 2 aromatic carbocycles. The first-order valence-electron chi connectivity index (χ1n) is 9.81. The van der Waals surface area contributed by atoms with Gasteiger partial charge < -0.3 is 20.1 Å². The van der Waals surface area contributed by atoms with Crippen molar-refractivity contribution in [2.45, 2.75) is 19.6 Å². The Kier molecular flexibility index (Phi) is 5.95. The molecule has 150 valence electrons. The lowest BCUT2D eigenvalue weighted by Gasteiger charge is -2.27. The Morgan fingerprint density at radius 3 is 2.86 bits per heavy atom. The largest absolute Gasteiger partial charge is 0.486 e. The Hall–Kier alpha value is -3.48. The minimum absolute atomic E-state index is 0.0723. The molecular weight excluding hydrogens is 366 g/mol. The number of ether oxygens (including phenoxy) is 2. The third kappa shape index (κ3) is 4.87. The molecule has 1 aliphatic heterocycles. The fourth-order valence-corrected chi connectivity index (χ4v) is 3.11. The molecule has 7 heteroatoms. The summed E-state index contributed by atoms with van der Waals surface area (Å²) in [6.45, 7) is 4.51. The predicted molar refractivity (Wildman–Crippen MR) is 113 cm³/mol. The van der Waals surface area contributed by atoms with Crippen molar-refractivity contribution in [3.8, 4) is 17.2 Å². The molecule has 1 aromatic heterocycles. The highest BCUT2D eigenvalue weighted by atomic mass is 16.6. The van der Waals surface area contributed by atoms with Gasteiger partial charge in [-0.25, -0.2) is 9.67 Å². The molecule has 0 saturated carbocycles. The average molecular weight is 391 g/mol. The zero-order chi connectivity index (χ0) is 19.9. The standard InChI is InChI=1S/C22H25N5O2/c1-2-23-22(25-15-19-16-28-20-9-3-4-10-21(20)29-19)24-14-17-7-5-8-18(13-17)27-12-6-11-26-27/h3-13,19H,2,14-16H2,1H3,(H2,23,24,25). The molecule has 7 nitrogen and oxygen atoms in total. The second-order valence-corrected chi connectivity index (χ2v) is 6.69. The van der Waals surface area contributed by atoms with E-state index in [9.17, 15) is 0 Å². The monoisotopic (exact) mass is 391 g/mol. The molecule has 0 fully saturated rings. The summed E-state index contributed by atoms with van der Waals surface area (Å²) in [5.41, 5.74) is 2.13. The molecular formula is C22H25N5O2. The van der Waals surface area contributed by atoms with Crippen molar-refractivity contribution in [1.82, 2.24) is 20.4 Å². The fraction of sp³-hybridized carbons (Fsp3) is 0.273. The highest BCUT2D eigenvalue weighted by Crippen LogP contribution is 2.30. The molecule has 29 heavy (non-hydrogen) atoms. The lowest BCUT2D eigenvalue weighted by Crippen LogP contribution is -2.45. The normalized spacial score (nSPS) is 15.8. The number of benzene rings is 2. The van der Waals surface area contributed by atoms with Crippen molar-refractivity contribution in [2.75, 3.05) is 19.7 Å². The van der Waals surface area contributed by atoms with Crippen molar-refractivity contribution in [1.29, 1.82) is 0 Å². The van der Waals surface area contributed by atoms with Crippen molar-refractivity contribution < 1.29 is 9.47 Å². The molecule has 1 aliphatic rings. The van der Waals surface area contributed by atoms with E-state index < -0.39 is 0 Å². The Labute approximate surface area is 170 Å². The van der Waals surface area contributed by atoms with Gasteiger partial charge in [-0.2, -0.15) is 5.10 Å². The maximum Gasteiger partial charge on any atom is 0.191 e. The summed E-state index contributed by atoms with van der Waals surface area (Å²) in [4.78, 5) is 4.70. The van der Waals surface area contributed by atoms with Gasteiger partial charge in [0.05, 0.1) is 18.8 Å². The summed E-state index contributed by atoms with van der Waals surface area (Å²) in [5, 5.41) is 10.9. The molecule has 4 rings (SSSR count). The third-order valence-corrected chi connectivity index (χ3v) is 4.51. The lowest BCUT2D eigenvalue weighted by atomic mass is 10.2. The van der Waals surface area contributed by atoms with Gasteiger partial charge in [0, 0.05) is 18.9 Å². The van der Waals surface area contributed by atoms with E-state index in [1.54, 1.807) is 6.20 Å². The molecule has 3 aromatic rings. The number of nitrogens with one attached hydrogen (secondary N) is 2. The first-order chi connectivity index (χ1) is 14.3. The van der Waals surface area contributed by atoms with E-state index in [-0.39, 0.29) is 6.10 Å². The number of para-hydroxylation sites is 2. The van der Waals surface area contributed by atoms with E-state index in [0.717, 1.165) is 35.3 Å². The van der Waals surface area contributed by atoms with Crippen molar-refractivity contribution in [3.63, 3.8) is 0 Å². The Morgan fingerprint density at radius 2 is 2.03 bits per heavy atom. The van der Waals surface area contributed by atoms with Crippen LogP contribution in [-0.2, 0) is 6.54 Å². The van der Waals surface area contributed by atoms with Crippen LogP contribution < -0.4 is 20.1 Å². The molecule has 1 unspecified atom stereocenters. The minimum Gasteiger partial charge on any atom is -0.486 e. The molecule has 0 aliphatic carbocycles. The van der Waals surface area contributed by atoms with Crippen LogP contribution in [-0.4, -0.2) is 41.5 Å². The Morgan fingerprint density at radius 1 is 1.14 bits per heavy atom. The van der Waals surface area contributed by atoms with E-state index in [4.69, 9.17) is 14.5 Å². The van der Waals surface area contributed by atoms with Gasteiger partial charge in [-0.15, -0.1) is 0 Å². The number of aliphatic imine (C=N–C) groups is 1. The van der Waals surface area contributed by atoms with Gasteiger partial charge in [-0.1, -0.05) is 24.3 Å². The smallest absolute Gasteiger partial charge is 0.191 e. The minimum atomic E-state index is -0.0723. The molecule has 0 radical (unpaired) electrons. The number of fused-ring (bicyclic) bond motifs is 1. The topological polar surface area (TPSA) is 72.7 Å². The van der Waals surface area contributed by atoms with E-state index in [1.807, 2.05) is 60.3 Å². The second kappa shape index (κ2) is 9.14. The quantitative estimate of drug-likeness (QED) is 0.499. The average Bonchev–Trinajstić information content (AvgIpc) is 3.31. The van der Waals surface area contributed by atoms with E-state index in [2.05, 4.69) is 27.9 Å². The summed E-state index contributed by atoms with van der Waals surface area (Å²) < 4.78 is 13.6. The Bertz CT molecular complexity index is 955. The molecule has 0 spiro atoms. The van der Waals surface area contributed by atoms with Crippen LogP contribution in [0, 0.1) is 0 Å². The maximum absolute atomic E-state index is 6.00. The second-order valence-electron chi connectivity index (χ2n) is 6.69. The van der Waals surface area contributed by atoms with E-state index in [1.165, 1.54) is 0 Å². The number of hydrogen-bond donors (Lipinski definition) is 2. The van der Waals surface area contributed by atoms with Crippen LogP contribution in [0.5, 0.6) is 11.5 Å². The number of guanidine groups is 1. The molecule has 0 bridgehead atoms. The highest BCUT2D eigenvalue weighted by molar-refractivity contribution is 5.79. The number of aromatic nitrogens is 2. The first kappa shape index (κ1) is 18.9. The van der Waals surface area contributed by atoms with Crippen LogP contribution in [0.15, 0.2) is 72.0 Å². The fourth-order valence-electron chi connectivity index (χ4n) is 3.11. The predicted octanol–water partition coefficient (Wildman–Crippen LogP) is 2.77. The summed E-state index contributed by atoms with van der Waals surface area (Å²) in [5.74, 6) is 2.32. The Balaban J connectivity index is 1.37. The van der Waals surface area contributed by atoms with Crippen molar-refractivity contribution >= 4 is 5.96 Å². The molecule has 0 amide bonds. The summed E-state index contributed by atoms with van der Waals surface area (Å²) in [7, 11) is 0.